The second-order valence-electron chi connectivity index (χ2n) is 13.6. The Hall–Kier alpha value is -6.17. The zero-order valence-electron chi connectivity index (χ0n) is 34.9. The highest BCUT2D eigenvalue weighted by Crippen LogP contribution is 2.25. The van der Waals surface area contributed by atoms with Crippen molar-refractivity contribution in [2.24, 2.45) is 0 Å². The molecule has 330 valence electrons. The molecule has 0 atom stereocenters. The van der Waals surface area contributed by atoms with Crippen molar-refractivity contribution in [2.75, 3.05) is 19.8 Å². The summed E-state index contributed by atoms with van der Waals surface area (Å²) < 4.78 is 20.8. The summed E-state index contributed by atoms with van der Waals surface area (Å²) in [6.45, 7) is 24.9. The van der Waals surface area contributed by atoms with Gasteiger partial charge in [-0.15, -0.1) is 0 Å². The summed E-state index contributed by atoms with van der Waals surface area (Å²) >= 11 is 0. The summed E-state index contributed by atoms with van der Waals surface area (Å²) in [4.78, 5) is 32.4. The monoisotopic (exact) mass is 832 g/mol. The molecule has 0 aliphatic carbocycles. The Bertz CT molecular complexity index is 1820. The molecule has 0 saturated carbocycles. The normalized spacial score (nSPS) is 9.97. The Morgan fingerprint density at radius 3 is 1.23 bits per heavy atom. The fourth-order valence-corrected chi connectivity index (χ4v) is 3.99. The third kappa shape index (κ3) is 22.7. The summed E-state index contributed by atoms with van der Waals surface area (Å²) in [6.07, 6.45) is 5.67. The lowest BCUT2D eigenvalue weighted by Crippen LogP contribution is -2.39. The maximum absolute atomic E-state index is 11.7. The quantitative estimate of drug-likeness (QED) is 0.0747. The van der Waals surface area contributed by atoms with Gasteiger partial charge in [0.2, 0.25) is 0 Å². The molecule has 0 fully saturated rings. The predicted molar refractivity (Wildman–Crippen MR) is 244 cm³/mol. The van der Waals surface area contributed by atoms with Gasteiger partial charge < -0.3 is 39.4 Å². The summed E-state index contributed by atoms with van der Waals surface area (Å²) in [5, 5.41) is 35.9. The number of para-hydroxylation sites is 4. The third-order valence-corrected chi connectivity index (χ3v) is 7.17. The van der Waals surface area contributed by atoms with Crippen molar-refractivity contribution in [3.05, 3.63) is 139 Å². The minimum absolute atomic E-state index is 0. The van der Waals surface area contributed by atoms with E-state index in [0.717, 1.165) is 22.4 Å². The molecule has 0 amide bonds. The largest absolute Gasteiger partial charge is 0.507 e. The standard InChI is InChI=1S/C14H18O3.C12H16O2.C8H8O.C7H6O2.C6H12O3.2CH4/c1-5-11-9-7-8-10-12(11)17-14(3,4)13(15)16-6-2;1-4-10-7-5-6-8-11(10)14-12(2,3)9-13;1-2-7-5-3-4-6-8(7)9;8-5-6-3-1-2-4-7(6)9;1-4-9-5(7)6(2,3)8;;/h5,7-10H,1,6H2,2-4H3;4-8,13H,1,9H2,2-3H3;2-6,9H,1H2;1-5,9H;8H,4H2,1-3H3;2*1H4. The number of carbonyl (C=O) groups is 3. The molecular weight excluding hydrogens is 765 g/mol. The molecule has 4 N–H and O–H groups in total. The van der Waals surface area contributed by atoms with Crippen LogP contribution in [0, 0.1) is 0 Å². The van der Waals surface area contributed by atoms with E-state index in [1.807, 2.05) is 68.4 Å². The molecule has 4 aromatic carbocycles. The van der Waals surface area contributed by atoms with Gasteiger partial charge in [-0.2, -0.15) is 0 Å². The average Bonchev–Trinajstić information content (AvgIpc) is 3.19. The highest BCUT2D eigenvalue weighted by molar-refractivity contribution is 5.79. The first kappa shape index (κ1) is 58.1. The Kier molecular flexibility index (Phi) is 29.0. The predicted octanol–water partition coefficient (Wildman–Crippen LogP) is 10.4. The van der Waals surface area contributed by atoms with E-state index in [0.29, 0.717) is 30.8 Å². The number of aromatic hydroxyl groups is 2. The lowest BCUT2D eigenvalue weighted by Gasteiger charge is -2.25. The molecule has 11 heteroatoms. The van der Waals surface area contributed by atoms with Crippen molar-refractivity contribution in [2.45, 2.75) is 87.0 Å². The molecule has 60 heavy (non-hydrogen) atoms. The number of aldehydes is 1. The maximum atomic E-state index is 11.7. The molecule has 4 aromatic rings. The van der Waals surface area contributed by atoms with Gasteiger partial charge >= 0.3 is 11.9 Å². The molecule has 0 heterocycles. The molecule has 0 aromatic heterocycles. The number of aliphatic hydroxyl groups excluding tert-OH is 1. The van der Waals surface area contributed by atoms with E-state index in [-0.39, 0.29) is 38.9 Å². The summed E-state index contributed by atoms with van der Waals surface area (Å²) in [5.41, 5.74) is -0.0153. The van der Waals surface area contributed by atoms with E-state index in [1.54, 1.807) is 82.3 Å². The van der Waals surface area contributed by atoms with Crippen molar-refractivity contribution < 1.29 is 53.8 Å². The number of esters is 2. The van der Waals surface area contributed by atoms with Crippen LogP contribution in [0.3, 0.4) is 0 Å². The van der Waals surface area contributed by atoms with E-state index in [2.05, 4.69) is 24.5 Å². The topological polar surface area (TPSA) is 169 Å². The highest BCUT2D eigenvalue weighted by Gasteiger charge is 2.32. The van der Waals surface area contributed by atoms with E-state index in [4.69, 9.17) is 34.6 Å². The maximum Gasteiger partial charge on any atom is 0.349 e. The number of ether oxygens (including phenoxy) is 4. The molecule has 0 radical (unpaired) electrons. The number of phenolic OH excluding ortho intramolecular Hbond substituents is 2. The molecule has 0 spiro atoms. The van der Waals surface area contributed by atoms with Gasteiger partial charge in [-0.3, -0.25) is 4.79 Å². The van der Waals surface area contributed by atoms with Gasteiger partial charge in [0.25, 0.3) is 0 Å². The van der Waals surface area contributed by atoms with Gasteiger partial charge in [0.05, 0.1) is 25.4 Å². The lowest BCUT2D eigenvalue weighted by atomic mass is 10.1. The highest BCUT2D eigenvalue weighted by atomic mass is 16.6. The summed E-state index contributed by atoms with van der Waals surface area (Å²) in [6, 6.07) is 28.5. The minimum Gasteiger partial charge on any atom is -0.507 e. The van der Waals surface area contributed by atoms with Gasteiger partial charge in [-0.25, -0.2) is 9.59 Å². The van der Waals surface area contributed by atoms with Gasteiger partial charge in [-0.05, 0) is 85.7 Å². The lowest BCUT2D eigenvalue weighted by molar-refractivity contribution is -0.161. The number of rotatable bonds is 13. The fraction of sp³-hybridized carbons (Fsp3) is 0.327. The second-order valence-corrected chi connectivity index (χ2v) is 13.6. The second kappa shape index (κ2) is 30.0. The molecule has 0 aliphatic rings. The first-order valence-corrected chi connectivity index (χ1v) is 18.4. The number of hydrogen-bond donors (Lipinski definition) is 4. The van der Waals surface area contributed by atoms with E-state index in [1.165, 1.54) is 19.9 Å². The molecule has 0 saturated heterocycles. The van der Waals surface area contributed by atoms with Crippen molar-refractivity contribution in [3.63, 3.8) is 0 Å². The Labute approximate surface area is 358 Å². The smallest absolute Gasteiger partial charge is 0.349 e. The van der Waals surface area contributed by atoms with Crippen LogP contribution >= 0.6 is 0 Å². The van der Waals surface area contributed by atoms with Crippen LogP contribution in [0.5, 0.6) is 23.0 Å². The van der Waals surface area contributed by atoms with Crippen molar-refractivity contribution in [1.29, 1.82) is 0 Å². The van der Waals surface area contributed by atoms with Crippen LogP contribution in [0.15, 0.2) is 117 Å². The van der Waals surface area contributed by atoms with Crippen molar-refractivity contribution >= 4 is 36.5 Å². The number of benzene rings is 4. The van der Waals surface area contributed by atoms with Crippen LogP contribution in [-0.2, 0) is 19.1 Å². The third-order valence-electron chi connectivity index (χ3n) is 7.17. The van der Waals surface area contributed by atoms with E-state index >= 15 is 0 Å². The minimum atomic E-state index is -1.35. The molecule has 11 nitrogen and oxygen atoms in total. The first-order valence-electron chi connectivity index (χ1n) is 18.4. The molecule has 0 aliphatic heterocycles. The SMILES string of the molecule is C.C.C=Cc1ccccc1O.C=Cc1ccccc1OC(C)(C)C(=O)OCC.C=Cc1ccccc1OC(C)(C)CO.CCOC(=O)C(C)(C)O.O=Cc1ccccc1O. The molecule has 0 unspecified atom stereocenters. The van der Waals surface area contributed by atoms with E-state index in [9.17, 15) is 14.4 Å². The van der Waals surface area contributed by atoms with Gasteiger partial charge in [0.1, 0.15) is 28.6 Å². The number of hydrogen-bond acceptors (Lipinski definition) is 11. The fourth-order valence-electron chi connectivity index (χ4n) is 3.99. The van der Waals surface area contributed by atoms with Crippen LogP contribution in [0.25, 0.3) is 18.2 Å². The summed E-state index contributed by atoms with van der Waals surface area (Å²) in [5.74, 6) is 0.742. The molecule has 0 bridgehead atoms. The van der Waals surface area contributed by atoms with Crippen LogP contribution in [0.2, 0.25) is 0 Å². The average molecular weight is 833 g/mol. The van der Waals surface area contributed by atoms with Crippen molar-refractivity contribution in [3.8, 4) is 23.0 Å². The van der Waals surface area contributed by atoms with Gasteiger partial charge in [0.15, 0.2) is 17.5 Å². The zero-order valence-corrected chi connectivity index (χ0v) is 34.9. The van der Waals surface area contributed by atoms with Crippen LogP contribution in [-0.4, -0.2) is 75.3 Å². The Balaban J connectivity index is -0.000000689. The van der Waals surface area contributed by atoms with Crippen LogP contribution in [0.1, 0.15) is 97.3 Å². The van der Waals surface area contributed by atoms with E-state index < -0.39 is 22.8 Å². The Morgan fingerprint density at radius 2 is 0.933 bits per heavy atom. The zero-order chi connectivity index (χ0) is 44.4. The summed E-state index contributed by atoms with van der Waals surface area (Å²) in [7, 11) is 0. The van der Waals surface area contributed by atoms with Crippen LogP contribution < -0.4 is 9.47 Å². The van der Waals surface area contributed by atoms with Gasteiger partial charge in [0, 0.05) is 16.7 Å². The molecule has 4 rings (SSSR count). The van der Waals surface area contributed by atoms with Gasteiger partial charge in [-0.1, -0.05) is 120 Å². The number of phenols is 2. The number of aliphatic hydroxyl groups is 2. The number of carbonyl (C=O) groups excluding carboxylic acids is 3. The van der Waals surface area contributed by atoms with Crippen LogP contribution in [0.4, 0.5) is 0 Å². The molecular formula is C49H68O11. The Morgan fingerprint density at radius 1 is 0.583 bits per heavy atom. The first-order chi connectivity index (χ1) is 27.3. The van der Waals surface area contributed by atoms with Crippen molar-refractivity contribution in [1.82, 2.24) is 0 Å².